The number of nitrogens with one attached hydrogen (secondary N) is 1. The smallest absolute Gasteiger partial charge is 0.222 e. The molecule has 1 aliphatic rings. The van der Waals surface area contributed by atoms with Gasteiger partial charge in [0, 0.05) is 12.5 Å². The van der Waals surface area contributed by atoms with Gasteiger partial charge in [-0.2, -0.15) is 0 Å². The van der Waals surface area contributed by atoms with E-state index in [4.69, 9.17) is 5.73 Å². The summed E-state index contributed by atoms with van der Waals surface area (Å²) in [6.07, 6.45) is 5.44. The molecule has 1 rings (SSSR count). The quantitative estimate of drug-likeness (QED) is 0.629. The van der Waals surface area contributed by atoms with Crippen molar-refractivity contribution in [3.63, 3.8) is 0 Å². The molecule has 1 amide bonds. The Morgan fingerprint density at radius 1 is 1.50 bits per heavy atom. The fourth-order valence-corrected chi connectivity index (χ4v) is 2.19. The van der Waals surface area contributed by atoms with Gasteiger partial charge in [-0.25, -0.2) is 0 Å². The van der Waals surface area contributed by atoms with E-state index < -0.39 is 5.60 Å². The van der Waals surface area contributed by atoms with E-state index in [0.717, 1.165) is 38.5 Å². The molecule has 16 heavy (non-hydrogen) atoms. The molecule has 4 N–H and O–H groups in total. The molecule has 0 radical (unpaired) electrons. The second-order valence-corrected chi connectivity index (χ2v) is 4.98. The number of nitrogens with two attached hydrogens (primary N) is 1. The first-order valence-electron chi connectivity index (χ1n) is 6.27. The highest BCUT2D eigenvalue weighted by Gasteiger charge is 2.31. The third-order valence-corrected chi connectivity index (χ3v) is 3.41. The molecule has 0 saturated heterocycles. The fourth-order valence-electron chi connectivity index (χ4n) is 2.19. The molecule has 0 aromatic rings. The number of carbonyl (C=O) groups is 1. The van der Waals surface area contributed by atoms with E-state index in [9.17, 15) is 9.90 Å². The lowest BCUT2D eigenvalue weighted by Gasteiger charge is -2.23. The van der Waals surface area contributed by atoms with Crippen molar-refractivity contribution in [1.29, 1.82) is 0 Å². The van der Waals surface area contributed by atoms with Gasteiger partial charge in [0.25, 0.3) is 0 Å². The SMILES string of the molecule is CC(CCCN)C(=O)NCC1(O)CCCC1. The number of aliphatic hydroxyl groups is 1. The first-order chi connectivity index (χ1) is 7.57. The summed E-state index contributed by atoms with van der Waals surface area (Å²) < 4.78 is 0. The Kier molecular flexibility index (Phi) is 5.22. The summed E-state index contributed by atoms with van der Waals surface area (Å²) in [5.41, 5.74) is 4.75. The maximum Gasteiger partial charge on any atom is 0.222 e. The minimum absolute atomic E-state index is 0.00597. The van der Waals surface area contributed by atoms with Crippen LogP contribution in [0.4, 0.5) is 0 Å². The predicted octanol–water partition coefficient (Wildman–Crippen LogP) is 0.783. The van der Waals surface area contributed by atoms with E-state index in [1.807, 2.05) is 6.92 Å². The largest absolute Gasteiger partial charge is 0.388 e. The summed E-state index contributed by atoms with van der Waals surface area (Å²) in [5, 5.41) is 12.9. The van der Waals surface area contributed by atoms with Gasteiger partial charge in [-0.05, 0) is 32.2 Å². The van der Waals surface area contributed by atoms with E-state index in [-0.39, 0.29) is 11.8 Å². The summed E-state index contributed by atoms with van der Waals surface area (Å²) >= 11 is 0. The Morgan fingerprint density at radius 3 is 2.69 bits per heavy atom. The monoisotopic (exact) mass is 228 g/mol. The molecule has 0 spiro atoms. The number of amides is 1. The van der Waals surface area contributed by atoms with Crippen molar-refractivity contribution in [2.24, 2.45) is 11.7 Å². The van der Waals surface area contributed by atoms with Crippen LogP contribution in [-0.4, -0.2) is 29.7 Å². The Hall–Kier alpha value is -0.610. The molecular formula is C12H24N2O2. The highest BCUT2D eigenvalue weighted by atomic mass is 16.3. The number of hydrogen-bond donors (Lipinski definition) is 3. The zero-order valence-electron chi connectivity index (χ0n) is 10.2. The third-order valence-electron chi connectivity index (χ3n) is 3.41. The van der Waals surface area contributed by atoms with Crippen LogP contribution >= 0.6 is 0 Å². The summed E-state index contributed by atoms with van der Waals surface area (Å²) in [7, 11) is 0. The summed E-state index contributed by atoms with van der Waals surface area (Å²) in [6, 6.07) is 0. The third kappa shape index (κ3) is 4.10. The fraction of sp³-hybridized carbons (Fsp3) is 0.917. The lowest BCUT2D eigenvalue weighted by molar-refractivity contribution is -0.125. The highest BCUT2D eigenvalue weighted by Crippen LogP contribution is 2.28. The maximum atomic E-state index is 11.7. The van der Waals surface area contributed by atoms with Crippen LogP contribution in [-0.2, 0) is 4.79 Å². The van der Waals surface area contributed by atoms with Crippen LogP contribution in [0.15, 0.2) is 0 Å². The topological polar surface area (TPSA) is 75.4 Å². The highest BCUT2D eigenvalue weighted by molar-refractivity contribution is 5.78. The van der Waals surface area contributed by atoms with Gasteiger partial charge in [-0.15, -0.1) is 0 Å². The van der Waals surface area contributed by atoms with Crippen molar-refractivity contribution >= 4 is 5.91 Å². The number of rotatable bonds is 6. The van der Waals surface area contributed by atoms with Gasteiger partial charge in [0.1, 0.15) is 0 Å². The van der Waals surface area contributed by atoms with Gasteiger partial charge >= 0.3 is 0 Å². The zero-order chi connectivity index (χ0) is 12.0. The Labute approximate surface area is 97.6 Å². The molecule has 94 valence electrons. The number of hydrogen-bond acceptors (Lipinski definition) is 3. The normalized spacial score (nSPS) is 20.7. The summed E-state index contributed by atoms with van der Waals surface area (Å²) in [5.74, 6) is 0.0299. The molecular weight excluding hydrogens is 204 g/mol. The van der Waals surface area contributed by atoms with Gasteiger partial charge in [0.05, 0.1) is 5.60 Å². The Morgan fingerprint density at radius 2 is 2.12 bits per heavy atom. The van der Waals surface area contributed by atoms with E-state index in [1.54, 1.807) is 0 Å². The molecule has 0 heterocycles. The maximum absolute atomic E-state index is 11.7. The molecule has 1 saturated carbocycles. The minimum atomic E-state index is -0.650. The average molecular weight is 228 g/mol. The van der Waals surface area contributed by atoms with E-state index >= 15 is 0 Å². The first kappa shape index (κ1) is 13.5. The van der Waals surface area contributed by atoms with Crippen LogP contribution in [0.25, 0.3) is 0 Å². The van der Waals surface area contributed by atoms with E-state index in [0.29, 0.717) is 13.1 Å². The van der Waals surface area contributed by atoms with Crippen molar-refractivity contribution < 1.29 is 9.90 Å². The predicted molar refractivity (Wildman–Crippen MR) is 63.9 cm³/mol. The number of carbonyl (C=O) groups excluding carboxylic acids is 1. The van der Waals surface area contributed by atoms with Crippen molar-refractivity contribution in [2.45, 2.75) is 51.0 Å². The molecule has 1 atom stereocenters. The molecule has 0 aromatic heterocycles. The van der Waals surface area contributed by atoms with Crippen LogP contribution in [0, 0.1) is 5.92 Å². The van der Waals surface area contributed by atoms with Crippen molar-refractivity contribution in [3.05, 3.63) is 0 Å². The summed E-state index contributed by atoms with van der Waals surface area (Å²) in [4.78, 5) is 11.7. The molecule has 0 aliphatic heterocycles. The van der Waals surface area contributed by atoms with Crippen molar-refractivity contribution in [2.75, 3.05) is 13.1 Å². The van der Waals surface area contributed by atoms with Crippen LogP contribution in [0.3, 0.4) is 0 Å². The molecule has 0 aromatic carbocycles. The van der Waals surface area contributed by atoms with Crippen LogP contribution in [0.5, 0.6) is 0 Å². The molecule has 0 bridgehead atoms. The van der Waals surface area contributed by atoms with Crippen molar-refractivity contribution in [3.8, 4) is 0 Å². The second kappa shape index (κ2) is 6.21. The molecule has 4 nitrogen and oxygen atoms in total. The minimum Gasteiger partial charge on any atom is -0.388 e. The summed E-state index contributed by atoms with van der Waals surface area (Å²) in [6.45, 7) is 2.93. The first-order valence-corrected chi connectivity index (χ1v) is 6.27. The van der Waals surface area contributed by atoms with E-state index in [2.05, 4.69) is 5.32 Å². The van der Waals surface area contributed by atoms with Crippen LogP contribution < -0.4 is 11.1 Å². The van der Waals surface area contributed by atoms with Crippen LogP contribution in [0.2, 0.25) is 0 Å². The standard InChI is InChI=1S/C12H24N2O2/c1-10(5-4-8-13)11(15)14-9-12(16)6-2-3-7-12/h10,16H,2-9,13H2,1H3,(H,14,15). The average Bonchev–Trinajstić information content (AvgIpc) is 2.70. The Balaban J connectivity index is 2.23. The lowest BCUT2D eigenvalue weighted by Crippen LogP contribution is -2.42. The van der Waals surface area contributed by atoms with Gasteiger partial charge in [0.15, 0.2) is 0 Å². The molecule has 4 heteroatoms. The molecule has 1 aliphatic carbocycles. The Bertz CT molecular complexity index is 225. The zero-order valence-corrected chi connectivity index (χ0v) is 10.2. The van der Waals surface area contributed by atoms with Crippen molar-refractivity contribution in [1.82, 2.24) is 5.32 Å². The van der Waals surface area contributed by atoms with Gasteiger partial charge < -0.3 is 16.2 Å². The van der Waals surface area contributed by atoms with Crippen LogP contribution in [0.1, 0.15) is 45.4 Å². The van der Waals surface area contributed by atoms with Gasteiger partial charge in [0.2, 0.25) is 5.91 Å². The second-order valence-electron chi connectivity index (χ2n) is 4.98. The van der Waals surface area contributed by atoms with Gasteiger partial charge in [-0.1, -0.05) is 19.8 Å². The molecule has 1 fully saturated rings. The van der Waals surface area contributed by atoms with E-state index in [1.165, 1.54) is 0 Å². The van der Waals surface area contributed by atoms with Gasteiger partial charge in [-0.3, -0.25) is 4.79 Å². The molecule has 1 unspecified atom stereocenters. The lowest BCUT2D eigenvalue weighted by atomic mass is 10.0.